The van der Waals surface area contributed by atoms with Crippen LogP contribution in [0.25, 0.3) is 0 Å². The molecular formula is C12H5Cl5NO3S-. The van der Waals surface area contributed by atoms with Crippen molar-refractivity contribution in [1.29, 1.82) is 0 Å². The average molecular weight is 421 g/mol. The Morgan fingerprint density at radius 3 is 1.95 bits per heavy atom. The van der Waals surface area contributed by atoms with Gasteiger partial charge in [-0.2, -0.15) is 8.42 Å². The molecule has 0 atom stereocenters. The molecule has 118 valence electrons. The zero-order chi connectivity index (χ0) is 16.6. The van der Waals surface area contributed by atoms with E-state index < -0.39 is 14.9 Å². The fourth-order valence-electron chi connectivity index (χ4n) is 1.83. The molecule has 0 aliphatic carbocycles. The Morgan fingerprint density at radius 2 is 1.45 bits per heavy atom. The molecule has 0 unspecified atom stereocenters. The minimum Gasteiger partial charge on any atom is -0.805 e. The van der Waals surface area contributed by atoms with Crippen LogP contribution in [0.4, 0.5) is 0 Å². The van der Waals surface area contributed by atoms with Gasteiger partial charge in [0.15, 0.2) is 4.64 Å². The molecule has 22 heavy (non-hydrogen) atoms. The van der Waals surface area contributed by atoms with E-state index in [1.165, 1.54) is 12.1 Å². The van der Waals surface area contributed by atoms with Gasteiger partial charge >= 0.3 is 0 Å². The molecule has 1 heterocycles. The van der Waals surface area contributed by atoms with Crippen molar-refractivity contribution in [2.75, 3.05) is 0 Å². The molecule has 1 aromatic heterocycles. The van der Waals surface area contributed by atoms with E-state index in [1.54, 1.807) is 0 Å². The van der Waals surface area contributed by atoms with Gasteiger partial charge in [0.1, 0.15) is 0 Å². The van der Waals surface area contributed by atoms with Crippen molar-refractivity contribution in [3.05, 3.63) is 64.4 Å². The highest BCUT2D eigenvalue weighted by Gasteiger charge is 2.20. The molecule has 1 aromatic carbocycles. The van der Waals surface area contributed by atoms with E-state index in [-0.39, 0.29) is 47.4 Å². The van der Waals surface area contributed by atoms with E-state index in [0.29, 0.717) is 0 Å². The third-order valence-corrected chi connectivity index (χ3v) is 5.93. The van der Waals surface area contributed by atoms with Crippen molar-refractivity contribution < 1.29 is 8.42 Å². The van der Waals surface area contributed by atoms with E-state index in [1.807, 2.05) is 0 Å². The summed E-state index contributed by atoms with van der Waals surface area (Å²) in [5, 5.41) is 11.7. The van der Waals surface area contributed by atoms with Crippen LogP contribution < -0.4 is 0 Å². The number of pyridine rings is 1. The van der Waals surface area contributed by atoms with Crippen molar-refractivity contribution in [2.24, 2.45) is 0 Å². The van der Waals surface area contributed by atoms with Crippen LogP contribution in [0.2, 0.25) is 25.1 Å². The molecule has 0 N–H and O–H groups in total. The summed E-state index contributed by atoms with van der Waals surface area (Å²) in [7, 11) is -2.73. The van der Waals surface area contributed by atoms with Crippen molar-refractivity contribution in [3.8, 4) is 0 Å². The lowest BCUT2D eigenvalue weighted by Crippen LogP contribution is -2.01. The second-order valence-electron chi connectivity index (χ2n) is 4.12. The van der Waals surface area contributed by atoms with Gasteiger partial charge in [-0.25, -0.2) is 0 Å². The highest BCUT2D eigenvalue weighted by molar-refractivity contribution is 7.63. The molecular weight excluding hydrogens is 415 g/mol. The Balaban J connectivity index is 2.75. The molecule has 0 bridgehead atoms. The molecule has 0 amide bonds. The Labute approximate surface area is 151 Å². The molecule has 0 fully saturated rings. The summed E-state index contributed by atoms with van der Waals surface area (Å²) in [6.07, 6.45) is 1.01. The van der Waals surface area contributed by atoms with Crippen molar-refractivity contribution in [1.82, 2.24) is 4.73 Å². The van der Waals surface area contributed by atoms with Gasteiger partial charge < -0.3 is 9.94 Å². The van der Waals surface area contributed by atoms with Gasteiger partial charge in [0, 0.05) is 6.42 Å². The quantitative estimate of drug-likeness (QED) is 0.386. The maximum absolute atomic E-state index is 11.6. The zero-order valence-corrected chi connectivity index (χ0v) is 15.0. The first-order chi connectivity index (χ1) is 10.3. The summed E-state index contributed by atoms with van der Waals surface area (Å²) in [6, 6.07) is 2.86. The van der Waals surface area contributed by atoms with Gasteiger partial charge in [-0.1, -0.05) is 64.1 Å². The number of halogens is 5. The summed E-state index contributed by atoms with van der Waals surface area (Å²) < 4.78 is 22.3. The predicted molar refractivity (Wildman–Crippen MR) is 89.7 cm³/mol. The molecule has 0 saturated carbocycles. The summed E-state index contributed by atoms with van der Waals surface area (Å²) in [4.78, 5) is 0. The SMILES string of the molecule is O=S(=O)=c1c(Cc2c(Cl)c(Cl)c(Cl)c(Cl)c2Cl)cccn1[O-]. The van der Waals surface area contributed by atoms with Crippen LogP contribution in [0.15, 0.2) is 18.3 Å². The van der Waals surface area contributed by atoms with Gasteiger partial charge in [-0.15, -0.1) is 0 Å². The number of aromatic nitrogens is 1. The first-order valence-electron chi connectivity index (χ1n) is 5.56. The summed E-state index contributed by atoms with van der Waals surface area (Å²) in [5.41, 5.74) is 0.477. The molecule has 4 nitrogen and oxygen atoms in total. The number of hydrogen-bond acceptors (Lipinski definition) is 3. The van der Waals surface area contributed by atoms with Crippen LogP contribution in [0.3, 0.4) is 0 Å². The lowest BCUT2D eigenvalue weighted by molar-refractivity contribution is 0.623. The monoisotopic (exact) mass is 418 g/mol. The number of nitrogens with zero attached hydrogens (tertiary/aromatic N) is 1. The van der Waals surface area contributed by atoms with Crippen molar-refractivity contribution in [3.63, 3.8) is 0 Å². The van der Waals surface area contributed by atoms with Crippen LogP contribution >= 0.6 is 58.0 Å². The maximum Gasteiger partial charge on any atom is 0.238 e. The minimum atomic E-state index is -2.73. The molecule has 0 saturated heterocycles. The molecule has 2 rings (SSSR count). The highest BCUT2D eigenvalue weighted by Crippen LogP contribution is 2.44. The zero-order valence-electron chi connectivity index (χ0n) is 10.4. The Bertz CT molecular complexity index is 900. The van der Waals surface area contributed by atoms with E-state index in [9.17, 15) is 13.6 Å². The Morgan fingerprint density at radius 1 is 0.955 bits per heavy atom. The third-order valence-electron chi connectivity index (χ3n) is 2.82. The van der Waals surface area contributed by atoms with Crippen LogP contribution in [-0.2, 0) is 16.7 Å². The second kappa shape index (κ2) is 6.91. The van der Waals surface area contributed by atoms with E-state index in [4.69, 9.17) is 58.0 Å². The minimum absolute atomic E-state index is 0.00154. The number of hydrogen-bond donors (Lipinski definition) is 0. The Kier molecular flexibility index (Phi) is 5.59. The van der Waals surface area contributed by atoms with Gasteiger partial charge in [-0.05, 0) is 23.4 Å². The summed E-state index contributed by atoms with van der Waals surface area (Å²) in [6.45, 7) is 0. The van der Waals surface area contributed by atoms with Gasteiger partial charge in [0.2, 0.25) is 10.3 Å². The molecule has 2 aromatic rings. The van der Waals surface area contributed by atoms with Gasteiger partial charge in [-0.3, -0.25) is 0 Å². The lowest BCUT2D eigenvalue weighted by Gasteiger charge is -2.15. The van der Waals surface area contributed by atoms with Crippen LogP contribution in [0.5, 0.6) is 0 Å². The largest absolute Gasteiger partial charge is 0.805 e. The lowest BCUT2D eigenvalue weighted by atomic mass is 10.1. The molecule has 0 aliphatic heterocycles. The highest BCUT2D eigenvalue weighted by atomic mass is 35.5. The van der Waals surface area contributed by atoms with Crippen LogP contribution in [0.1, 0.15) is 11.1 Å². The van der Waals surface area contributed by atoms with Gasteiger partial charge in [0.25, 0.3) is 0 Å². The first kappa shape index (κ1) is 17.8. The van der Waals surface area contributed by atoms with Crippen LogP contribution in [0, 0.1) is 9.85 Å². The predicted octanol–water partition coefficient (Wildman–Crippen LogP) is 5.10. The normalized spacial score (nSPS) is 10.8. The van der Waals surface area contributed by atoms with E-state index in [2.05, 4.69) is 0 Å². The smallest absolute Gasteiger partial charge is 0.238 e. The van der Waals surface area contributed by atoms with Crippen LogP contribution in [-0.4, -0.2) is 13.1 Å². The second-order valence-corrected chi connectivity index (χ2v) is 6.87. The topological polar surface area (TPSA) is 62.1 Å². The number of benzene rings is 1. The average Bonchev–Trinajstić information content (AvgIpc) is 2.47. The molecule has 0 spiro atoms. The standard InChI is InChI=1S/C12H5Cl5NO3S/c13-7-6(8(14)10(16)11(17)9(7)15)4-5-2-1-3-18(19)12(5)22(20)21/h1-3H,4H2/q-1. The summed E-state index contributed by atoms with van der Waals surface area (Å²) >= 11 is 30.0. The first-order valence-corrected chi connectivity index (χ1v) is 8.52. The van der Waals surface area contributed by atoms with E-state index in [0.717, 1.165) is 6.20 Å². The maximum atomic E-state index is 11.6. The Hall–Kier alpha value is -0.560. The third kappa shape index (κ3) is 3.20. The number of rotatable bonds is 2. The fraction of sp³-hybridized carbons (Fsp3) is 0.0833. The van der Waals surface area contributed by atoms with Gasteiger partial charge in [0.05, 0.1) is 25.1 Å². The van der Waals surface area contributed by atoms with Crippen molar-refractivity contribution >= 4 is 68.3 Å². The fourth-order valence-corrected chi connectivity index (χ4v) is 3.70. The molecule has 10 heteroatoms. The molecule has 0 aliphatic rings. The van der Waals surface area contributed by atoms with E-state index >= 15 is 0 Å². The molecule has 0 radical (unpaired) electrons. The van der Waals surface area contributed by atoms with Crippen molar-refractivity contribution in [2.45, 2.75) is 6.42 Å². The summed E-state index contributed by atoms with van der Waals surface area (Å²) in [5.74, 6) is 0.